The molecular formula is C21H24N2O. The molecule has 2 aromatic carbocycles. The van der Waals surface area contributed by atoms with Crippen molar-refractivity contribution in [1.82, 2.24) is 4.90 Å². The van der Waals surface area contributed by atoms with Crippen LogP contribution in [0, 0.1) is 25.7 Å². The third-order valence-electron chi connectivity index (χ3n) is 5.65. The summed E-state index contributed by atoms with van der Waals surface area (Å²) in [5.41, 5.74) is 11.3. The van der Waals surface area contributed by atoms with E-state index in [-0.39, 0.29) is 11.9 Å². The Morgan fingerprint density at radius 3 is 2.62 bits per heavy atom. The topological polar surface area (TPSA) is 46.3 Å². The molecule has 2 aliphatic rings. The Bertz CT molecular complexity index is 781. The number of hydrogen-bond acceptors (Lipinski definition) is 2. The Balaban J connectivity index is 1.74. The van der Waals surface area contributed by atoms with E-state index >= 15 is 0 Å². The molecule has 2 fully saturated rings. The van der Waals surface area contributed by atoms with Crippen molar-refractivity contribution < 1.29 is 4.79 Å². The maximum absolute atomic E-state index is 13.3. The lowest BCUT2D eigenvalue weighted by molar-refractivity contribution is 0.0713. The summed E-state index contributed by atoms with van der Waals surface area (Å²) in [6, 6.07) is 14.7. The number of piperidine rings is 1. The molecule has 1 heterocycles. The summed E-state index contributed by atoms with van der Waals surface area (Å²) in [6.45, 7) is 5.59. The van der Waals surface area contributed by atoms with Gasteiger partial charge in [0.15, 0.2) is 0 Å². The number of aryl methyl sites for hydroxylation is 2. The molecular weight excluding hydrogens is 296 g/mol. The van der Waals surface area contributed by atoms with Crippen LogP contribution in [-0.2, 0) is 0 Å². The number of fused-ring (bicyclic) bond motifs is 1. The van der Waals surface area contributed by atoms with Crippen molar-refractivity contribution in [2.24, 2.45) is 17.6 Å². The second-order valence-electron chi connectivity index (χ2n) is 7.28. The van der Waals surface area contributed by atoms with Crippen LogP contribution in [0.3, 0.4) is 0 Å². The van der Waals surface area contributed by atoms with Gasteiger partial charge < -0.3 is 10.6 Å². The zero-order valence-corrected chi connectivity index (χ0v) is 14.3. The number of carbonyl (C=O) groups is 1. The van der Waals surface area contributed by atoms with Crippen molar-refractivity contribution in [2.75, 3.05) is 13.1 Å². The van der Waals surface area contributed by atoms with Crippen molar-refractivity contribution in [3.63, 3.8) is 0 Å². The van der Waals surface area contributed by atoms with Crippen LogP contribution in [0.15, 0.2) is 42.5 Å². The van der Waals surface area contributed by atoms with E-state index in [4.69, 9.17) is 5.73 Å². The molecule has 24 heavy (non-hydrogen) atoms. The fourth-order valence-corrected chi connectivity index (χ4v) is 4.21. The highest BCUT2D eigenvalue weighted by Crippen LogP contribution is 2.49. The van der Waals surface area contributed by atoms with Crippen LogP contribution in [0.4, 0.5) is 0 Å². The van der Waals surface area contributed by atoms with Gasteiger partial charge in [-0.05, 0) is 54.9 Å². The lowest BCUT2D eigenvalue weighted by atomic mass is 9.93. The summed E-state index contributed by atoms with van der Waals surface area (Å²) in [6.07, 6.45) is 1.24. The van der Waals surface area contributed by atoms with Crippen LogP contribution >= 0.6 is 0 Å². The number of nitrogens with two attached hydrogens (primary N) is 1. The van der Waals surface area contributed by atoms with Gasteiger partial charge >= 0.3 is 0 Å². The van der Waals surface area contributed by atoms with Gasteiger partial charge in [-0.15, -0.1) is 0 Å². The van der Waals surface area contributed by atoms with E-state index in [1.807, 2.05) is 17.0 Å². The SMILES string of the molecule is Cc1ccc(-c2c(C)cccc2C(=O)N2C[C@H]3C[C@H]3[C@H]2CN)cc1. The molecule has 0 aromatic heterocycles. The van der Waals surface area contributed by atoms with Gasteiger partial charge in [-0.3, -0.25) is 4.79 Å². The molecule has 124 valence electrons. The highest BCUT2D eigenvalue weighted by atomic mass is 16.2. The summed E-state index contributed by atoms with van der Waals surface area (Å²) in [4.78, 5) is 15.3. The molecule has 2 N–H and O–H groups in total. The minimum absolute atomic E-state index is 0.136. The molecule has 2 aromatic rings. The fourth-order valence-electron chi connectivity index (χ4n) is 4.21. The molecule has 1 aliphatic heterocycles. The number of hydrogen-bond donors (Lipinski definition) is 1. The first-order valence-corrected chi connectivity index (χ1v) is 8.78. The number of carbonyl (C=O) groups excluding carboxylic acids is 1. The zero-order chi connectivity index (χ0) is 16.8. The van der Waals surface area contributed by atoms with Gasteiger partial charge in [0.2, 0.25) is 0 Å². The summed E-state index contributed by atoms with van der Waals surface area (Å²) in [5.74, 6) is 1.44. The van der Waals surface area contributed by atoms with Gasteiger partial charge in [-0.1, -0.05) is 42.0 Å². The molecule has 0 bridgehead atoms. The minimum atomic E-state index is 0.136. The maximum atomic E-state index is 13.3. The number of amides is 1. The van der Waals surface area contributed by atoms with Crippen LogP contribution < -0.4 is 5.73 Å². The van der Waals surface area contributed by atoms with Crippen molar-refractivity contribution in [3.05, 3.63) is 59.2 Å². The molecule has 4 rings (SSSR count). The standard InChI is InChI=1S/C21H24N2O/c1-13-6-8-15(9-7-13)20-14(2)4-3-5-17(20)21(24)23-12-16-10-18(16)19(23)11-22/h3-9,16,18-19H,10-12,22H2,1-2H3/t16-,18-,19-/m1/s1. The largest absolute Gasteiger partial charge is 0.334 e. The molecule has 3 heteroatoms. The van der Waals surface area contributed by atoms with Gasteiger partial charge in [-0.25, -0.2) is 0 Å². The average molecular weight is 320 g/mol. The minimum Gasteiger partial charge on any atom is -0.334 e. The van der Waals surface area contributed by atoms with Gasteiger partial charge in [0.05, 0.1) is 0 Å². The average Bonchev–Trinajstić information content (AvgIpc) is 3.26. The zero-order valence-electron chi connectivity index (χ0n) is 14.3. The van der Waals surface area contributed by atoms with Crippen LogP contribution in [0.1, 0.15) is 27.9 Å². The number of rotatable bonds is 3. The summed E-state index contributed by atoms with van der Waals surface area (Å²) in [5, 5.41) is 0. The third kappa shape index (κ3) is 2.44. The van der Waals surface area contributed by atoms with E-state index in [1.165, 1.54) is 12.0 Å². The van der Waals surface area contributed by atoms with Crippen LogP contribution in [0.5, 0.6) is 0 Å². The molecule has 0 spiro atoms. The van der Waals surface area contributed by atoms with Gasteiger partial charge in [0.25, 0.3) is 5.91 Å². The number of nitrogens with zero attached hydrogens (tertiary/aromatic N) is 1. The van der Waals surface area contributed by atoms with Crippen molar-refractivity contribution in [1.29, 1.82) is 0 Å². The maximum Gasteiger partial charge on any atom is 0.254 e. The van der Waals surface area contributed by atoms with E-state index in [0.29, 0.717) is 18.4 Å². The predicted octanol–water partition coefficient (Wildman–Crippen LogP) is 3.39. The van der Waals surface area contributed by atoms with Gasteiger partial charge in [0, 0.05) is 24.7 Å². The molecule has 1 aliphatic carbocycles. The molecule has 1 saturated carbocycles. The Morgan fingerprint density at radius 2 is 1.92 bits per heavy atom. The molecule has 0 unspecified atom stereocenters. The Kier molecular flexibility index (Phi) is 3.69. The van der Waals surface area contributed by atoms with Crippen LogP contribution in [-0.4, -0.2) is 29.9 Å². The lowest BCUT2D eigenvalue weighted by Crippen LogP contribution is -2.43. The summed E-state index contributed by atoms with van der Waals surface area (Å²) >= 11 is 0. The number of likely N-dealkylation sites (tertiary alicyclic amines) is 1. The molecule has 1 amide bonds. The van der Waals surface area contributed by atoms with Crippen LogP contribution in [0.2, 0.25) is 0 Å². The van der Waals surface area contributed by atoms with Crippen molar-refractivity contribution in [2.45, 2.75) is 26.3 Å². The Morgan fingerprint density at radius 1 is 1.17 bits per heavy atom. The monoisotopic (exact) mass is 320 g/mol. The third-order valence-corrected chi connectivity index (χ3v) is 5.65. The molecule has 3 atom stereocenters. The molecule has 3 nitrogen and oxygen atoms in total. The van der Waals surface area contributed by atoms with E-state index < -0.39 is 0 Å². The van der Waals surface area contributed by atoms with E-state index in [1.54, 1.807) is 0 Å². The summed E-state index contributed by atoms with van der Waals surface area (Å²) < 4.78 is 0. The first kappa shape index (κ1) is 15.4. The molecule has 1 saturated heterocycles. The Hall–Kier alpha value is -2.13. The summed E-state index contributed by atoms with van der Waals surface area (Å²) in [7, 11) is 0. The predicted molar refractivity (Wildman–Crippen MR) is 96.8 cm³/mol. The smallest absolute Gasteiger partial charge is 0.254 e. The van der Waals surface area contributed by atoms with Crippen molar-refractivity contribution in [3.8, 4) is 11.1 Å². The van der Waals surface area contributed by atoms with Gasteiger partial charge in [0.1, 0.15) is 0 Å². The van der Waals surface area contributed by atoms with E-state index in [0.717, 1.165) is 28.8 Å². The van der Waals surface area contributed by atoms with E-state index in [9.17, 15) is 4.79 Å². The van der Waals surface area contributed by atoms with Crippen LogP contribution in [0.25, 0.3) is 11.1 Å². The Labute approximate surface area is 143 Å². The molecule has 0 radical (unpaired) electrons. The van der Waals surface area contributed by atoms with E-state index in [2.05, 4.69) is 44.2 Å². The first-order chi connectivity index (χ1) is 11.6. The van der Waals surface area contributed by atoms with Gasteiger partial charge in [-0.2, -0.15) is 0 Å². The highest BCUT2D eigenvalue weighted by Gasteiger charge is 2.53. The number of benzene rings is 2. The first-order valence-electron chi connectivity index (χ1n) is 8.78. The lowest BCUT2D eigenvalue weighted by Gasteiger charge is -2.28. The normalized spacial score (nSPS) is 24.8. The second-order valence-corrected chi connectivity index (χ2v) is 7.28. The quantitative estimate of drug-likeness (QED) is 0.942. The van der Waals surface area contributed by atoms with Crippen molar-refractivity contribution >= 4 is 5.91 Å². The second kappa shape index (κ2) is 5.75. The highest BCUT2D eigenvalue weighted by molar-refractivity contribution is 6.02. The fraction of sp³-hybridized carbons (Fsp3) is 0.381.